The van der Waals surface area contributed by atoms with Crippen LogP contribution in [0.4, 0.5) is 4.39 Å². The van der Waals surface area contributed by atoms with Crippen LogP contribution in [0.2, 0.25) is 0 Å². The number of rotatable bonds is 2. The molecule has 0 spiro atoms. The zero-order valence-electron chi connectivity index (χ0n) is 10.4. The topological polar surface area (TPSA) is 26.3 Å². The fourth-order valence-electron chi connectivity index (χ4n) is 1.88. The largest absolute Gasteiger partial charge is 0.459 e. The van der Waals surface area contributed by atoms with Crippen LogP contribution >= 0.6 is 0 Å². The van der Waals surface area contributed by atoms with Gasteiger partial charge in [0.2, 0.25) is 0 Å². The van der Waals surface area contributed by atoms with Gasteiger partial charge in [-0.3, -0.25) is 4.79 Å². The van der Waals surface area contributed by atoms with Crippen molar-refractivity contribution < 1.29 is 13.9 Å². The Hall–Kier alpha value is -1.38. The number of halogens is 1. The number of hydrogen-bond donors (Lipinski definition) is 0. The maximum atomic E-state index is 12.9. The van der Waals surface area contributed by atoms with Crippen LogP contribution < -0.4 is 0 Å². The maximum absolute atomic E-state index is 12.9. The molecule has 92 valence electrons. The van der Waals surface area contributed by atoms with Crippen molar-refractivity contribution in [1.82, 2.24) is 0 Å². The van der Waals surface area contributed by atoms with Gasteiger partial charge in [-0.05, 0) is 51.3 Å². The monoisotopic (exact) mass is 236 g/mol. The summed E-state index contributed by atoms with van der Waals surface area (Å²) in [5.74, 6) is -0.481. The van der Waals surface area contributed by atoms with E-state index in [9.17, 15) is 9.18 Å². The maximum Gasteiger partial charge on any atom is 0.317 e. The fraction of sp³-hybridized carbons (Fsp3) is 0.500. The summed E-state index contributed by atoms with van der Waals surface area (Å²) in [7, 11) is 0. The van der Waals surface area contributed by atoms with Gasteiger partial charge in [0.05, 0.1) is 5.41 Å². The molecule has 1 fully saturated rings. The lowest BCUT2D eigenvalue weighted by molar-refractivity contribution is -0.158. The summed E-state index contributed by atoms with van der Waals surface area (Å²) < 4.78 is 18.3. The average Bonchev–Trinajstić information content (AvgIpc) is 2.97. The lowest BCUT2D eigenvalue weighted by atomic mass is 9.96. The molecule has 0 bridgehead atoms. The lowest BCUT2D eigenvalue weighted by Crippen LogP contribution is -2.31. The molecule has 0 atom stereocenters. The lowest BCUT2D eigenvalue weighted by Gasteiger charge is -2.24. The van der Waals surface area contributed by atoms with Gasteiger partial charge in [-0.15, -0.1) is 0 Å². The smallest absolute Gasteiger partial charge is 0.317 e. The Morgan fingerprint density at radius 2 is 1.76 bits per heavy atom. The summed E-state index contributed by atoms with van der Waals surface area (Å²) in [6.45, 7) is 5.56. The van der Waals surface area contributed by atoms with Crippen LogP contribution in [-0.4, -0.2) is 11.6 Å². The predicted octanol–water partition coefficient (Wildman–Crippen LogP) is 3.20. The van der Waals surface area contributed by atoms with Gasteiger partial charge in [-0.1, -0.05) is 12.1 Å². The molecule has 2 rings (SSSR count). The molecule has 3 heteroatoms. The molecule has 0 N–H and O–H groups in total. The third kappa shape index (κ3) is 2.48. The van der Waals surface area contributed by atoms with Crippen LogP contribution in [0.1, 0.15) is 39.2 Å². The van der Waals surface area contributed by atoms with E-state index in [1.54, 1.807) is 12.1 Å². The predicted molar refractivity (Wildman–Crippen MR) is 63.2 cm³/mol. The van der Waals surface area contributed by atoms with Gasteiger partial charge < -0.3 is 4.74 Å². The first kappa shape index (κ1) is 12.1. The molecule has 17 heavy (non-hydrogen) atoms. The van der Waals surface area contributed by atoms with Crippen molar-refractivity contribution in [3.05, 3.63) is 35.6 Å². The molecule has 1 saturated carbocycles. The van der Waals surface area contributed by atoms with Gasteiger partial charge in [-0.25, -0.2) is 4.39 Å². The first-order valence-electron chi connectivity index (χ1n) is 5.83. The van der Waals surface area contributed by atoms with Crippen molar-refractivity contribution in [3.8, 4) is 0 Å². The standard InChI is InChI=1S/C14H17FO2/c1-13(2,3)17-12(16)14(8-9-14)10-4-6-11(15)7-5-10/h4-7H,8-9H2,1-3H3. The molecule has 0 aliphatic heterocycles. The first-order valence-corrected chi connectivity index (χ1v) is 5.83. The van der Waals surface area contributed by atoms with Crippen molar-refractivity contribution in [2.75, 3.05) is 0 Å². The average molecular weight is 236 g/mol. The molecule has 0 aromatic heterocycles. The molecule has 0 amide bonds. The highest BCUT2D eigenvalue weighted by Crippen LogP contribution is 2.49. The van der Waals surface area contributed by atoms with Crippen molar-refractivity contribution >= 4 is 5.97 Å². The summed E-state index contributed by atoms with van der Waals surface area (Å²) in [6.07, 6.45) is 1.57. The third-order valence-corrected chi connectivity index (χ3v) is 2.94. The SMILES string of the molecule is CC(C)(C)OC(=O)C1(c2ccc(F)cc2)CC1. The molecule has 0 radical (unpaired) electrons. The summed E-state index contributed by atoms with van der Waals surface area (Å²) >= 11 is 0. The first-order chi connectivity index (χ1) is 7.83. The molecule has 2 nitrogen and oxygen atoms in total. The Morgan fingerprint density at radius 1 is 1.24 bits per heavy atom. The molecule has 1 aliphatic rings. The quantitative estimate of drug-likeness (QED) is 0.737. The van der Waals surface area contributed by atoms with E-state index in [0.29, 0.717) is 0 Å². The summed E-state index contributed by atoms with van der Waals surface area (Å²) in [5.41, 5.74) is -0.151. The zero-order valence-corrected chi connectivity index (χ0v) is 10.4. The van der Waals surface area contributed by atoms with Crippen molar-refractivity contribution in [1.29, 1.82) is 0 Å². The van der Waals surface area contributed by atoms with E-state index in [2.05, 4.69) is 0 Å². The van der Waals surface area contributed by atoms with Crippen LogP contribution in [0.25, 0.3) is 0 Å². The Morgan fingerprint density at radius 3 is 2.18 bits per heavy atom. The zero-order chi connectivity index (χ0) is 12.7. The Kier molecular flexibility index (Phi) is 2.72. The van der Waals surface area contributed by atoms with Crippen LogP contribution in [-0.2, 0) is 14.9 Å². The number of carbonyl (C=O) groups is 1. The van der Waals surface area contributed by atoms with Gasteiger partial charge in [0, 0.05) is 0 Å². The van der Waals surface area contributed by atoms with E-state index in [-0.39, 0.29) is 11.8 Å². The van der Waals surface area contributed by atoms with E-state index in [1.165, 1.54) is 12.1 Å². The minimum absolute atomic E-state index is 0.198. The molecular weight excluding hydrogens is 219 g/mol. The normalized spacial score (nSPS) is 17.6. The minimum Gasteiger partial charge on any atom is -0.459 e. The third-order valence-electron chi connectivity index (χ3n) is 2.94. The van der Waals surface area contributed by atoms with Crippen molar-refractivity contribution in [3.63, 3.8) is 0 Å². The summed E-state index contributed by atoms with van der Waals surface area (Å²) in [5, 5.41) is 0. The minimum atomic E-state index is -0.527. The van der Waals surface area contributed by atoms with E-state index >= 15 is 0 Å². The molecule has 1 aromatic carbocycles. The number of hydrogen-bond acceptors (Lipinski definition) is 2. The second kappa shape index (κ2) is 3.83. The van der Waals surface area contributed by atoms with Gasteiger partial charge in [-0.2, -0.15) is 0 Å². The van der Waals surface area contributed by atoms with E-state index in [4.69, 9.17) is 4.74 Å². The Bertz CT molecular complexity index is 425. The molecule has 0 saturated heterocycles. The number of esters is 1. The fourth-order valence-corrected chi connectivity index (χ4v) is 1.88. The van der Waals surface area contributed by atoms with Crippen molar-refractivity contribution in [2.45, 2.75) is 44.6 Å². The van der Waals surface area contributed by atoms with E-state index in [1.807, 2.05) is 20.8 Å². The highest BCUT2D eigenvalue weighted by molar-refractivity contribution is 5.86. The Balaban J connectivity index is 2.20. The second-order valence-corrected chi connectivity index (χ2v) is 5.59. The molecule has 0 heterocycles. The summed E-state index contributed by atoms with van der Waals surface area (Å²) in [6, 6.07) is 6.12. The molecule has 0 unspecified atom stereocenters. The van der Waals surface area contributed by atoms with Gasteiger partial charge in [0.15, 0.2) is 0 Å². The highest BCUT2D eigenvalue weighted by Gasteiger charge is 2.53. The van der Waals surface area contributed by atoms with Crippen LogP contribution in [0.15, 0.2) is 24.3 Å². The highest BCUT2D eigenvalue weighted by atomic mass is 19.1. The van der Waals surface area contributed by atoms with E-state index in [0.717, 1.165) is 18.4 Å². The number of benzene rings is 1. The van der Waals surface area contributed by atoms with Crippen LogP contribution in [0.3, 0.4) is 0 Å². The number of carbonyl (C=O) groups excluding carboxylic acids is 1. The van der Waals surface area contributed by atoms with Crippen LogP contribution in [0.5, 0.6) is 0 Å². The van der Waals surface area contributed by atoms with Gasteiger partial charge in [0.25, 0.3) is 0 Å². The molecule has 1 aliphatic carbocycles. The van der Waals surface area contributed by atoms with Crippen LogP contribution in [0, 0.1) is 5.82 Å². The van der Waals surface area contributed by atoms with Gasteiger partial charge >= 0.3 is 5.97 Å². The molecular formula is C14H17FO2. The van der Waals surface area contributed by atoms with E-state index < -0.39 is 11.0 Å². The number of ether oxygens (including phenoxy) is 1. The molecule has 1 aromatic rings. The second-order valence-electron chi connectivity index (χ2n) is 5.59. The van der Waals surface area contributed by atoms with Crippen molar-refractivity contribution in [2.24, 2.45) is 0 Å². The van der Waals surface area contributed by atoms with Gasteiger partial charge in [0.1, 0.15) is 11.4 Å². The summed E-state index contributed by atoms with van der Waals surface area (Å²) in [4.78, 5) is 12.1. The Labute approximate surface area is 101 Å².